The van der Waals surface area contributed by atoms with Crippen LogP contribution < -0.4 is 15.0 Å². The molecule has 0 amide bonds. The smallest absolute Gasteiger partial charge is 0.319 e. The van der Waals surface area contributed by atoms with E-state index in [1.807, 2.05) is 0 Å². The molecule has 4 aromatic rings. The number of aromatic nitrogens is 2. The minimum Gasteiger partial charge on any atom is -0.508 e. The van der Waals surface area contributed by atoms with Gasteiger partial charge in [0.05, 0.1) is 23.8 Å². The molecule has 1 aromatic heterocycles. The summed E-state index contributed by atoms with van der Waals surface area (Å²) in [5.74, 6) is 1.29. The van der Waals surface area contributed by atoms with Crippen LogP contribution in [0.2, 0.25) is 0 Å². The van der Waals surface area contributed by atoms with Crippen LogP contribution in [-0.4, -0.2) is 84.6 Å². The second kappa shape index (κ2) is 11.8. The molecular formula is C39H38F2N6O3. The number of likely N-dealkylation sites (tertiary alicyclic amines) is 1. The Morgan fingerprint density at radius 2 is 1.82 bits per heavy atom. The first kappa shape index (κ1) is 31.4. The predicted octanol–water partition coefficient (Wildman–Crippen LogP) is 5.50. The van der Waals surface area contributed by atoms with Crippen LogP contribution in [0.15, 0.2) is 30.3 Å². The Labute approximate surface area is 289 Å². The van der Waals surface area contributed by atoms with E-state index < -0.39 is 11.6 Å². The quantitative estimate of drug-likeness (QED) is 0.246. The molecule has 4 saturated heterocycles. The van der Waals surface area contributed by atoms with Gasteiger partial charge in [-0.1, -0.05) is 12.0 Å². The number of rotatable bonds is 7. The highest BCUT2D eigenvalue weighted by molar-refractivity contribution is 6.05. The van der Waals surface area contributed by atoms with E-state index in [2.05, 4.69) is 32.1 Å². The van der Waals surface area contributed by atoms with Crippen molar-refractivity contribution in [3.8, 4) is 41.3 Å². The van der Waals surface area contributed by atoms with Crippen molar-refractivity contribution in [2.45, 2.75) is 50.6 Å². The number of hydrogen-bond acceptors (Lipinski definition) is 9. The second-order valence-electron chi connectivity index (χ2n) is 15.2. The van der Waals surface area contributed by atoms with Crippen LogP contribution in [0.3, 0.4) is 0 Å². The number of nitriles is 1. The molecule has 2 bridgehead atoms. The SMILES string of the molecule is C#Cc1c(F)ccc2cc(O)cc(-c3c(C#N)cc4c(N5CC6CCC(C5)N6)nc(OCC5(CN6CC7(CCOCC7)C6)CC5)nc4c3F)c12. The van der Waals surface area contributed by atoms with Gasteiger partial charge in [-0.05, 0) is 73.7 Å². The molecule has 9 nitrogen and oxygen atoms in total. The first-order valence-corrected chi connectivity index (χ1v) is 17.6. The normalized spacial score (nSPS) is 23.5. The van der Waals surface area contributed by atoms with Gasteiger partial charge in [0.15, 0.2) is 5.82 Å². The highest BCUT2D eigenvalue weighted by atomic mass is 19.1. The molecular weight excluding hydrogens is 638 g/mol. The molecule has 0 radical (unpaired) electrons. The van der Waals surface area contributed by atoms with E-state index in [9.17, 15) is 14.8 Å². The molecule has 2 atom stereocenters. The van der Waals surface area contributed by atoms with E-state index in [1.165, 1.54) is 24.3 Å². The largest absolute Gasteiger partial charge is 0.508 e. The van der Waals surface area contributed by atoms with Crippen molar-refractivity contribution in [1.82, 2.24) is 20.2 Å². The van der Waals surface area contributed by atoms with Gasteiger partial charge >= 0.3 is 6.01 Å². The number of ether oxygens (including phenoxy) is 2. The number of nitrogens with one attached hydrogen (secondary N) is 1. The zero-order valence-electron chi connectivity index (χ0n) is 27.8. The lowest BCUT2D eigenvalue weighted by Gasteiger charge is -2.53. The van der Waals surface area contributed by atoms with Gasteiger partial charge in [0, 0.05) is 85.2 Å². The first-order chi connectivity index (χ1) is 24.3. The van der Waals surface area contributed by atoms with Crippen LogP contribution in [0.25, 0.3) is 32.8 Å². The third-order valence-corrected chi connectivity index (χ3v) is 11.7. The van der Waals surface area contributed by atoms with Gasteiger partial charge in [-0.15, -0.1) is 6.42 Å². The van der Waals surface area contributed by atoms with E-state index >= 15 is 4.39 Å². The molecule has 1 spiro atoms. The van der Waals surface area contributed by atoms with Crippen molar-refractivity contribution in [3.63, 3.8) is 0 Å². The van der Waals surface area contributed by atoms with Crippen LogP contribution in [0, 0.1) is 46.1 Å². The molecule has 50 heavy (non-hydrogen) atoms. The van der Waals surface area contributed by atoms with Gasteiger partial charge < -0.3 is 29.7 Å². The van der Waals surface area contributed by atoms with Crippen LogP contribution in [-0.2, 0) is 4.74 Å². The van der Waals surface area contributed by atoms with Crippen LogP contribution >= 0.6 is 0 Å². The van der Waals surface area contributed by atoms with Crippen LogP contribution in [0.4, 0.5) is 14.6 Å². The van der Waals surface area contributed by atoms with Gasteiger partial charge in [0.2, 0.25) is 0 Å². The molecule has 5 heterocycles. The standard InChI is InChI=1S/C39H38F2N6O3/c1-2-28-31(40)6-3-23-13-27(48)15-29(32(23)28)33-24(16-42)14-30-35(34(33)41)44-37(45-36(30)47-17-25-4-5-26(18-47)43-25)50-22-39(7-8-39)21-46-19-38(20-46)9-11-49-12-10-38/h1,3,6,13-15,25-26,43,48H,4-5,7-12,17-22H2. The zero-order valence-corrected chi connectivity index (χ0v) is 27.8. The number of phenolic OH excluding ortho intramolecular Hbond substituents is 1. The summed E-state index contributed by atoms with van der Waals surface area (Å²) in [4.78, 5) is 14.2. The lowest BCUT2D eigenvalue weighted by atomic mass is 9.73. The van der Waals surface area contributed by atoms with Gasteiger partial charge in [0.25, 0.3) is 0 Å². The minimum absolute atomic E-state index is 0.000427. The van der Waals surface area contributed by atoms with Crippen molar-refractivity contribution in [2.24, 2.45) is 10.8 Å². The number of halogens is 2. The fourth-order valence-electron chi connectivity index (χ4n) is 8.93. The summed E-state index contributed by atoms with van der Waals surface area (Å²) >= 11 is 0. The molecule has 11 heteroatoms. The Hall–Kier alpha value is -4.55. The maximum atomic E-state index is 17.2. The van der Waals surface area contributed by atoms with E-state index in [0.29, 0.717) is 41.7 Å². The van der Waals surface area contributed by atoms with Crippen LogP contribution in [0.1, 0.15) is 49.7 Å². The Balaban J connectivity index is 1.12. The molecule has 9 rings (SSSR count). The van der Waals surface area contributed by atoms with E-state index in [0.717, 1.165) is 71.4 Å². The summed E-state index contributed by atoms with van der Waals surface area (Å²) in [5, 5.41) is 25.8. The Morgan fingerprint density at radius 1 is 1.06 bits per heavy atom. The molecule has 4 aliphatic heterocycles. The Bertz CT molecular complexity index is 2110. The van der Waals surface area contributed by atoms with E-state index in [1.54, 1.807) is 6.07 Å². The maximum absolute atomic E-state index is 17.2. The molecule has 3 aromatic carbocycles. The highest BCUT2D eigenvalue weighted by Gasteiger charge is 2.51. The number of phenols is 1. The second-order valence-corrected chi connectivity index (χ2v) is 15.2. The van der Waals surface area contributed by atoms with Gasteiger partial charge in [-0.2, -0.15) is 15.2 Å². The Kier molecular flexibility index (Phi) is 7.40. The van der Waals surface area contributed by atoms with Gasteiger partial charge in [-0.25, -0.2) is 8.78 Å². The monoisotopic (exact) mass is 676 g/mol. The van der Waals surface area contributed by atoms with Gasteiger partial charge in [0.1, 0.15) is 22.9 Å². The summed E-state index contributed by atoms with van der Waals surface area (Å²) < 4.78 is 44.2. The number of nitrogens with zero attached hydrogens (tertiary/aromatic N) is 5. The van der Waals surface area contributed by atoms with Crippen molar-refractivity contribution >= 4 is 27.5 Å². The average molecular weight is 677 g/mol. The molecule has 1 aliphatic carbocycles. The first-order valence-electron chi connectivity index (χ1n) is 17.6. The number of hydrogen-bond donors (Lipinski definition) is 2. The minimum atomic E-state index is -0.784. The summed E-state index contributed by atoms with van der Waals surface area (Å²) in [6.07, 6.45) is 12.1. The highest BCUT2D eigenvalue weighted by Crippen LogP contribution is 2.50. The predicted molar refractivity (Wildman–Crippen MR) is 185 cm³/mol. The lowest BCUT2D eigenvalue weighted by molar-refractivity contribution is -0.0884. The summed E-state index contributed by atoms with van der Waals surface area (Å²) in [7, 11) is 0. The number of piperazine rings is 1. The van der Waals surface area contributed by atoms with Crippen LogP contribution in [0.5, 0.6) is 11.8 Å². The third kappa shape index (κ3) is 5.31. The average Bonchev–Trinajstić information content (AvgIpc) is 3.80. The summed E-state index contributed by atoms with van der Waals surface area (Å²) in [6, 6.07) is 9.83. The number of benzene rings is 3. The summed E-state index contributed by atoms with van der Waals surface area (Å²) in [5.41, 5.74) is 0.305. The van der Waals surface area contributed by atoms with Crippen molar-refractivity contribution < 1.29 is 23.4 Å². The number of anilines is 1. The van der Waals surface area contributed by atoms with Crippen molar-refractivity contribution in [2.75, 3.05) is 57.4 Å². The zero-order chi connectivity index (χ0) is 34.2. The number of terminal acetylenes is 1. The molecule has 5 fully saturated rings. The number of aromatic hydroxyl groups is 1. The van der Waals surface area contributed by atoms with E-state index in [-0.39, 0.29) is 62.4 Å². The van der Waals surface area contributed by atoms with E-state index in [4.69, 9.17) is 20.9 Å². The molecule has 1 saturated carbocycles. The lowest BCUT2D eigenvalue weighted by Crippen LogP contribution is -2.59. The topological polar surface area (TPSA) is 107 Å². The molecule has 2 N–H and O–H groups in total. The van der Waals surface area contributed by atoms with Crippen molar-refractivity contribution in [1.29, 1.82) is 5.26 Å². The fourth-order valence-corrected chi connectivity index (χ4v) is 8.93. The summed E-state index contributed by atoms with van der Waals surface area (Å²) in [6.45, 7) is 6.59. The molecule has 5 aliphatic rings. The third-order valence-electron chi connectivity index (χ3n) is 11.7. The Morgan fingerprint density at radius 3 is 2.52 bits per heavy atom. The molecule has 2 unspecified atom stereocenters. The maximum Gasteiger partial charge on any atom is 0.319 e. The molecule has 256 valence electrons. The van der Waals surface area contributed by atoms with Gasteiger partial charge in [-0.3, -0.25) is 0 Å². The fraction of sp³-hybridized carbons (Fsp3) is 0.462. The van der Waals surface area contributed by atoms with Crippen molar-refractivity contribution in [3.05, 3.63) is 53.1 Å². The number of fused-ring (bicyclic) bond motifs is 4.